The van der Waals surface area contributed by atoms with E-state index in [1.54, 1.807) is 6.20 Å². The van der Waals surface area contributed by atoms with Crippen molar-refractivity contribution in [3.8, 4) is 5.40 Å². The van der Waals surface area contributed by atoms with Crippen molar-refractivity contribution in [2.24, 2.45) is 0 Å². The molecule has 0 aliphatic heterocycles. The summed E-state index contributed by atoms with van der Waals surface area (Å²) in [6.45, 7) is 3.72. The molecule has 1 aromatic rings. The quantitative estimate of drug-likeness (QED) is 0.635. The van der Waals surface area contributed by atoms with Crippen LogP contribution in [0.15, 0.2) is 10.6 Å². The van der Waals surface area contributed by atoms with Gasteiger partial charge in [0.25, 0.3) is 0 Å². The predicted molar refractivity (Wildman–Crippen MR) is 42.9 cm³/mol. The van der Waals surface area contributed by atoms with Gasteiger partial charge in [-0.1, -0.05) is 0 Å². The summed E-state index contributed by atoms with van der Waals surface area (Å²) in [5.74, 6) is 1.40. The van der Waals surface area contributed by atoms with Crippen molar-refractivity contribution in [3.05, 3.63) is 17.8 Å². The maximum absolute atomic E-state index is 8.35. The molecule has 0 aliphatic carbocycles. The summed E-state index contributed by atoms with van der Waals surface area (Å²) in [4.78, 5) is 4.00. The summed E-state index contributed by atoms with van der Waals surface area (Å²) in [7, 11) is 0. The molecule has 0 aromatic carbocycles. The number of hydrogen-bond acceptors (Lipinski definition) is 4. The van der Waals surface area contributed by atoms with Crippen LogP contribution in [0.3, 0.4) is 0 Å². The minimum Gasteiger partial charge on any atom is -0.445 e. The molecule has 0 fully saturated rings. The lowest BCUT2D eigenvalue weighted by molar-refractivity contribution is 0.474. The first kappa shape index (κ1) is 8.15. The zero-order valence-corrected chi connectivity index (χ0v) is 7.18. The Morgan fingerprint density at radius 2 is 2.55 bits per heavy atom. The van der Waals surface area contributed by atoms with Crippen LogP contribution in [0.2, 0.25) is 0 Å². The van der Waals surface area contributed by atoms with Gasteiger partial charge >= 0.3 is 0 Å². The molecule has 0 saturated carbocycles. The van der Waals surface area contributed by atoms with Crippen LogP contribution in [0.4, 0.5) is 0 Å². The monoisotopic (exact) mass is 168 g/mol. The topological polar surface area (TPSA) is 49.8 Å². The number of rotatable bonds is 2. The molecule has 0 amide bonds. The third kappa shape index (κ3) is 1.99. The SMILES string of the molecule is Cc1cnc([C@H](C)SC#N)o1. The van der Waals surface area contributed by atoms with Crippen LogP contribution < -0.4 is 0 Å². The van der Waals surface area contributed by atoms with Gasteiger partial charge in [0, 0.05) is 0 Å². The average molecular weight is 168 g/mol. The molecule has 0 aliphatic rings. The third-order valence-electron chi connectivity index (χ3n) is 1.22. The number of hydrogen-bond donors (Lipinski definition) is 0. The van der Waals surface area contributed by atoms with Crippen molar-refractivity contribution in [1.29, 1.82) is 5.26 Å². The van der Waals surface area contributed by atoms with Crippen LogP contribution in [0.1, 0.15) is 23.8 Å². The highest BCUT2D eigenvalue weighted by Crippen LogP contribution is 2.25. The molecule has 1 atom stereocenters. The molecule has 0 unspecified atom stereocenters. The first-order valence-corrected chi connectivity index (χ1v) is 4.09. The standard InChI is InChI=1S/C7H8N2OS/c1-5-3-9-7(10-5)6(2)11-4-8/h3,6H,1-2H3/t6-/m0/s1. The Hall–Kier alpha value is -0.950. The van der Waals surface area contributed by atoms with Gasteiger partial charge < -0.3 is 4.42 Å². The number of aromatic nitrogens is 1. The highest BCUT2D eigenvalue weighted by atomic mass is 32.2. The van der Waals surface area contributed by atoms with E-state index in [-0.39, 0.29) is 5.25 Å². The molecule has 4 heteroatoms. The van der Waals surface area contributed by atoms with Crippen molar-refractivity contribution < 1.29 is 4.42 Å². The highest BCUT2D eigenvalue weighted by molar-refractivity contribution is 8.03. The van der Waals surface area contributed by atoms with E-state index in [9.17, 15) is 0 Å². The Morgan fingerprint density at radius 1 is 1.82 bits per heavy atom. The van der Waals surface area contributed by atoms with Gasteiger partial charge in [-0.05, 0) is 25.6 Å². The van der Waals surface area contributed by atoms with E-state index in [1.165, 1.54) is 0 Å². The number of nitrogens with zero attached hydrogens (tertiary/aromatic N) is 2. The maximum Gasteiger partial charge on any atom is 0.208 e. The molecule has 0 N–H and O–H groups in total. The van der Waals surface area contributed by atoms with Crippen LogP contribution in [-0.4, -0.2) is 4.98 Å². The van der Waals surface area contributed by atoms with Crippen molar-refractivity contribution in [2.45, 2.75) is 19.1 Å². The maximum atomic E-state index is 8.35. The van der Waals surface area contributed by atoms with E-state index in [0.29, 0.717) is 5.89 Å². The van der Waals surface area contributed by atoms with E-state index < -0.39 is 0 Å². The summed E-state index contributed by atoms with van der Waals surface area (Å²) in [6.07, 6.45) is 1.66. The van der Waals surface area contributed by atoms with Gasteiger partial charge in [-0.15, -0.1) is 0 Å². The van der Waals surface area contributed by atoms with E-state index in [0.717, 1.165) is 17.5 Å². The molecule has 1 rings (SSSR count). The third-order valence-corrected chi connectivity index (χ3v) is 1.88. The summed E-state index contributed by atoms with van der Waals surface area (Å²) < 4.78 is 5.21. The lowest BCUT2D eigenvalue weighted by atomic mass is 10.5. The second-order valence-corrected chi connectivity index (χ2v) is 3.29. The average Bonchev–Trinajstić information content (AvgIpc) is 2.36. The molecular formula is C7H8N2OS. The smallest absolute Gasteiger partial charge is 0.208 e. The Kier molecular flexibility index (Phi) is 2.55. The van der Waals surface area contributed by atoms with E-state index in [2.05, 4.69) is 4.98 Å². The van der Waals surface area contributed by atoms with Gasteiger partial charge in [-0.3, -0.25) is 0 Å². The lowest BCUT2D eigenvalue weighted by Gasteiger charge is -1.97. The van der Waals surface area contributed by atoms with Gasteiger partial charge in [0.1, 0.15) is 11.2 Å². The minimum atomic E-state index is 0.0219. The van der Waals surface area contributed by atoms with Crippen LogP contribution in [-0.2, 0) is 0 Å². The molecule has 58 valence electrons. The Balaban J connectivity index is 2.70. The number of aryl methyl sites for hydroxylation is 1. The Bertz CT molecular complexity index is 276. The Labute approximate surface area is 69.4 Å². The molecule has 1 heterocycles. The van der Waals surface area contributed by atoms with Crippen LogP contribution >= 0.6 is 11.8 Å². The number of nitriles is 1. The molecule has 0 radical (unpaired) electrons. The first-order valence-electron chi connectivity index (χ1n) is 3.21. The summed E-state index contributed by atoms with van der Waals surface area (Å²) in [5, 5.41) is 10.4. The van der Waals surface area contributed by atoms with Gasteiger partial charge in [0.05, 0.1) is 11.4 Å². The lowest BCUT2D eigenvalue weighted by Crippen LogP contribution is -1.84. The fraction of sp³-hybridized carbons (Fsp3) is 0.429. The summed E-state index contributed by atoms with van der Waals surface area (Å²) in [5.41, 5.74) is 0. The molecule has 3 nitrogen and oxygen atoms in total. The molecule has 1 aromatic heterocycles. The van der Waals surface area contributed by atoms with E-state index in [4.69, 9.17) is 9.68 Å². The van der Waals surface area contributed by atoms with Gasteiger partial charge in [-0.25, -0.2) is 4.98 Å². The van der Waals surface area contributed by atoms with Crippen molar-refractivity contribution in [3.63, 3.8) is 0 Å². The fourth-order valence-electron chi connectivity index (χ4n) is 0.690. The van der Waals surface area contributed by atoms with E-state index >= 15 is 0 Å². The molecule has 0 saturated heterocycles. The number of oxazole rings is 1. The second-order valence-electron chi connectivity index (χ2n) is 2.16. The number of thioether (sulfide) groups is 1. The van der Waals surface area contributed by atoms with Gasteiger partial charge in [0.2, 0.25) is 5.89 Å². The summed E-state index contributed by atoms with van der Waals surface area (Å²) in [6, 6.07) is 0. The van der Waals surface area contributed by atoms with Crippen molar-refractivity contribution in [1.82, 2.24) is 4.98 Å². The predicted octanol–water partition coefficient (Wildman–Crippen LogP) is 2.26. The van der Waals surface area contributed by atoms with E-state index in [1.807, 2.05) is 19.2 Å². The largest absolute Gasteiger partial charge is 0.445 e. The van der Waals surface area contributed by atoms with Crippen LogP contribution in [0.5, 0.6) is 0 Å². The second kappa shape index (κ2) is 3.44. The molecule has 0 bridgehead atoms. The van der Waals surface area contributed by atoms with Crippen molar-refractivity contribution in [2.75, 3.05) is 0 Å². The normalized spacial score (nSPS) is 12.5. The molecule has 0 spiro atoms. The zero-order chi connectivity index (χ0) is 8.27. The number of thiocyanates is 1. The zero-order valence-electron chi connectivity index (χ0n) is 6.37. The fourth-order valence-corrected chi connectivity index (χ4v) is 1.06. The molecule has 11 heavy (non-hydrogen) atoms. The van der Waals surface area contributed by atoms with Crippen LogP contribution in [0.25, 0.3) is 0 Å². The van der Waals surface area contributed by atoms with Gasteiger partial charge in [-0.2, -0.15) is 5.26 Å². The van der Waals surface area contributed by atoms with Gasteiger partial charge in [0.15, 0.2) is 0 Å². The summed E-state index contributed by atoms with van der Waals surface area (Å²) >= 11 is 1.15. The van der Waals surface area contributed by atoms with Crippen LogP contribution in [0, 0.1) is 17.6 Å². The first-order chi connectivity index (χ1) is 5.24. The minimum absolute atomic E-state index is 0.0219. The van der Waals surface area contributed by atoms with Crippen molar-refractivity contribution >= 4 is 11.8 Å². The molecular weight excluding hydrogens is 160 g/mol. The highest BCUT2D eigenvalue weighted by Gasteiger charge is 2.10. The Morgan fingerprint density at radius 3 is 3.00 bits per heavy atom.